The Morgan fingerprint density at radius 1 is 1.16 bits per heavy atom. The molecule has 2 nitrogen and oxygen atoms in total. The third-order valence-electron chi connectivity index (χ3n) is 3.38. The maximum atomic E-state index is 12.9. The minimum atomic E-state index is -4.21. The Hall–Kier alpha value is -1.14. The van der Waals surface area contributed by atoms with Crippen molar-refractivity contribution < 1.29 is 17.6 Å². The Bertz CT molecular complexity index is 398. The van der Waals surface area contributed by atoms with E-state index in [2.05, 4.69) is 5.43 Å². The molecule has 0 bridgehead atoms. The lowest BCUT2D eigenvalue weighted by Gasteiger charge is -2.34. The molecule has 1 atom stereocenters. The summed E-state index contributed by atoms with van der Waals surface area (Å²) in [6.07, 6.45) is -5.26. The van der Waals surface area contributed by atoms with Crippen molar-refractivity contribution in [2.75, 3.05) is 0 Å². The van der Waals surface area contributed by atoms with Crippen LogP contribution in [0.1, 0.15) is 32.3 Å². The number of nitrogens with two attached hydrogens (primary N) is 1. The number of nitrogens with one attached hydrogen (secondary N) is 1. The zero-order chi connectivity index (χ0) is 14.7. The van der Waals surface area contributed by atoms with Gasteiger partial charge < -0.3 is 0 Å². The van der Waals surface area contributed by atoms with Crippen molar-refractivity contribution in [3.8, 4) is 0 Å². The van der Waals surface area contributed by atoms with E-state index in [0.29, 0.717) is 0 Å². The van der Waals surface area contributed by atoms with Gasteiger partial charge in [-0.3, -0.25) is 11.3 Å². The predicted octanol–water partition coefficient (Wildman–Crippen LogP) is 3.28. The van der Waals surface area contributed by atoms with Gasteiger partial charge in [0, 0.05) is 17.9 Å². The van der Waals surface area contributed by atoms with Gasteiger partial charge >= 0.3 is 6.18 Å². The molecule has 0 fully saturated rings. The third kappa shape index (κ3) is 4.47. The zero-order valence-corrected chi connectivity index (χ0v) is 10.9. The molecule has 0 amide bonds. The van der Waals surface area contributed by atoms with Crippen molar-refractivity contribution >= 4 is 0 Å². The number of alkyl halides is 3. The number of halogens is 4. The topological polar surface area (TPSA) is 38.0 Å². The van der Waals surface area contributed by atoms with Crippen molar-refractivity contribution in [2.24, 2.45) is 5.84 Å². The molecule has 19 heavy (non-hydrogen) atoms. The summed E-state index contributed by atoms with van der Waals surface area (Å²) < 4.78 is 49.7. The van der Waals surface area contributed by atoms with E-state index >= 15 is 0 Å². The molecule has 0 aliphatic heterocycles. The highest BCUT2D eigenvalue weighted by molar-refractivity contribution is 5.26. The first kappa shape index (κ1) is 15.9. The van der Waals surface area contributed by atoms with E-state index in [9.17, 15) is 17.6 Å². The van der Waals surface area contributed by atoms with Crippen molar-refractivity contribution in [2.45, 2.75) is 44.3 Å². The molecule has 6 heteroatoms. The fourth-order valence-electron chi connectivity index (χ4n) is 2.04. The average Bonchev–Trinajstić information content (AvgIpc) is 2.28. The highest BCUT2D eigenvalue weighted by atomic mass is 19.4. The molecule has 0 spiro atoms. The van der Waals surface area contributed by atoms with Crippen LogP contribution < -0.4 is 11.3 Å². The van der Waals surface area contributed by atoms with Gasteiger partial charge in [0.25, 0.3) is 0 Å². The van der Waals surface area contributed by atoms with Gasteiger partial charge in [0.15, 0.2) is 0 Å². The molecule has 0 aliphatic carbocycles. The molecule has 0 aromatic heterocycles. The van der Waals surface area contributed by atoms with Crippen LogP contribution in [-0.2, 0) is 5.41 Å². The summed E-state index contributed by atoms with van der Waals surface area (Å²) in [6.45, 7) is 3.56. The number of hydrogen-bond acceptors (Lipinski definition) is 2. The first-order chi connectivity index (χ1) is 8.66. The highest BCUT2D eigenvalue weighted by Gasteiger charge is 2.35. The van der Waals surface area contributed by atoms with E-state index in [0.717, 1.165) is 5.56 Å². The first-order valence-corrected chi connectivity index (χ1v) is 5.96. The van der Waals surface area contributed by atoms with Crippen LogP contribution in [-0.4, -0.2) is 12.2 Å². The molecular weight excluding hydrogens is 260 g/mol. The van der Waals surface area contributed by atoms with Gasteiger partial charge in [0.2, 0.25) is 0 Å². The lowest BCUT2D eigenvalue weighted by Crippen LogP contribution is -2.48. The molecule has 0 saturated heterocycles. The van der Waals surface area contributed by atoms with Crippen LogP contribution in [0.3, 0.4) is 0 Å². The summed E-state index contributed by atoms with van der Waals surface area (Å²) >= 11 is 0. The normalized spacial score (nSPS) is 14.5. The summed E-state index contributed by atoms with van der Waals surface area (Å²) in [6, 6.07) is 5.14. The first-order valence-electron chi connectivity index (χ1n) is 5.96. The Morgan fingerprint density at radius 3 is 2.11 bits per heavy atom. The second kappa shape index (κ2) is 5.88. The second-order valence-electron chi connectivity index (χ2n) is 5.10. The van der Waals surface area contributed by atoms with E-state index in [1.54, 1.807) is 26.0 Å². The van der Waals surface area contributed by atoms with E-state index in [-0.39, 0.29) is 12.2 Å². The largest absolute Gasteiger partial charge is 0.389 e. The molecule has 1 aromatic rings. The quantitative estimate of drug-likeness (QED) is 0.493. The maximum Gasteiger partial charge on any atom is 0.389 e. The Kier molecular flexibility index (Phi) is 4.92. The van der Waals surface area contributed by atoms with Crippen LogP contribution in [0.5, 0.6) is 0 Å². The number of rotatable bonds is 5. The SMILES string of the molecule is CC(C)(c1ccc(F)cc1)C(CCC(F)(F)F)NN. The standard InChI is InChI=1S/C13H18F4N2/c1-12(2,9-3-5-10(14)6-4-9)11(19-18)7-8-13(15,16)17/h3-6,11,19H,7-8,18H2,1-2H3. The molecule has 108 valence electrons. The van der Waals surface area contributed by atoms with Crippen molar-refractivity contribution in [1.29, 1.82) is 0 Å². The molecule has 0 saturated carbocycles. The van der Waals surface area contributed by atoms with Gasteiger partial charge in [0.1, 0.15) is 5.82 Å². The monoisotopic (exact) mass is 278 g/mol. The van der Waals surface area contributed by atoms with E-state index < -0.39 is 24.1 Å². The predicted molar refractivity (Wildman–Crippen MR) is 65.8 cm³/mol. The number of benzene rings is 1. The molecule has 0 heterocycles. The smallest absolute Gasteiger partial charge is 0.271 e. The minimum absolute atomic E-state index is 0.135. The van der Waals surface area contributed by atoms with Crippen LogP contribution in [0.25, 0.3) is 0 Å². The highest BCUT2D eigenvalue weighted by Crippen LogP contribution is 2.32. The lowest BCUT2D eigenvalue weighted by molar-refractivity contribution is -0.137. The molecular formula is C13H18F4N2. The molecule has 0 aliphatic rings. The van der Waals surface area contributed by atoms with Gasteiger partial charge in [-0.1, -0.05) is 26.0 Å². The fourth-order valence-corrected chi connectivity index (χ4v) is 2.04. The molecule has 1 aromatic carbocycles. The molecule has 1 rings (SSSR count). The minimum Gasteiger partial charge on any atom is -0.271 e. The van der Waals surface area contributed by atoms with Gasteiger partial charge in [-0.15, -0.1) is 0 Å². The van der Waals surface area contributed by atoms with E-state index in [1.807, 2.05) is 0 Å². The zero-order valence-electron chi connectivity index (χ0n) is 10.9. The Balaban J connectivity index is 2.85. The average molecular weight is 278 g/mol. The summed E-state index contributed by atoms with van der Waals surface area (Å²) in [5.41, 5.74) is 2.54. The van der Waals surface area contributed by atoms with Gasteiger partial charge in [0.05, 0.1) is 0 Å². The lowest BCUT2D eigenvalue weighted by atomic mass is 9.76. The van der Waals surface area contributed by atoms with Crippen molar-refractivity contribution in [1.82, 2.24) is 5.43 Å². The van der Waals surface area contributed by atoms with Crippen molar-refractivity contribution in [3.05, 3.63) is 35.6 Å². The summed E-state index contributed by atoms with van der Waals surface area (Å²) in [5.74, 6) is 4.98. The van der Waals surface area contributed by atoms with Crippen LogP contribution in [0.2, 0.25) is 0 Å². The van der Waals surface area contributed by atoms with Crippen LogP contribution in [0, 0.1) is 5.82 Å². The van der Waals surface area contributed by atoms with Gasteiger partial charge in [-0.25, -0.2) is 4.39 Å². The summed E-state index contributed by atoms with van der Waals surface area (Å²) in [5, 5.41) is 0. The number of hydrazine groups is 1. The van der Waals surface area contributed by atoms with Crippen LogP contribution in [0.15, 0.2) is 24.3 Å². The van der Waals surface area contributed by atoms with Gasteiger partial charge in [-0.2, -0.15) is 13.2 Å². The van der Waals surface area contributed by atoms with Crippen LogP contribution >= 0.6 is 0 Å². The fraction of sp³-hybridized carbons (Fsp3) is 0.538. The van der Waals surface area contributed by atoms with Crippen molar-refractivity contribution in [3.63, 3.8) is 0 Å². The Labute approximate surface area is 110 Å². The second-order valence-corrected chi connectivity index (χ2v) is 5.10. The third-order valence-corrected chi connectivity index (χ3v) is 3.38. The Morgan fingerprint density at radius 2 is 1.68 bits per heavy atom. The molecule has 0 radical (unpaired) electrons. The summed E-state index contributed by atoms with van der Waals surface area (Å²) in [7, 11) is 0. The van der Waals surface area contributed by atoms with E-state index in [4.69, 9.17) is 5.84 Å². The molecule has 1 unspecified atom stereocenters. The van der Waals surface area contributed by atoms with E-state index in [1.165, 1.54) is 12.1 Å². The number of hydrogen-bond donors (Lipinski definition) is 2. The maximum absolute atomic E-state index is 12.9. The van der Waals surface area contributed by atoms with Crippen LogP contribution in [0.4, 0.5) is 17.6 Å². The summed E-state index contributed by atoms with van der Waals surface area (Å²) in [4.78, 5) is 0. The van der Waals surface area contributed by atoms with Gasteiger partial charge in [-0.05, 0) is 24.1 Å². The molecule has 3 N–H and O–H groups in total.